The Kier molecular flexibility index (Phi) is 9.10. The number of hydrogen-bond donors (Lipinski definition) is 2. The number of carbonyl (C=O) groups excluding carboxylic acids is 2. The van der Waals surface area contributed by atoms with Crippen LogP contribution in [0.4, 0.5) is 9.18 Å². The van der Waals surface area contributed by atoms with Crippen LogP contribution in [-0.2, 0) is 4.57 Å². The molecular formula is C31H31FN3O5P. The van der Waals surface area contributed by atoms with Crippen LogP contribution in [-0.4, -0.2) is 22.5 Å². The van der Waals surface area contributed by atoms with Crippen LogP contribution in [0.15, 0.2) is 115 Å². The molecule has 0 heterocycles. The molecule has 4 aromatic rings. The van der Waals surface area contributed by atoms with Crippen LogP contribution in [0.25, 0.3) is 0 Å². The van der Waals surface area contributed by atoms with Crippen LogP contribution < -0.4 is 19.8 Å². The summed E-state index contributed by atoms with van der Waals surface area (Å²) in [5, 5.41) is 3.70. The Labute approximate surface area is 238 Å². The molecule has 41 heavy (non-hydrogen) atoms. The zero-order valence-electron chi connectivity index (χ0n) is 22.9. The predicted octanol–water partition coefficient (Wildman–Crippen LogP) is 7.33. The molecule has 4 aromatic carbocycles. The fourth-order valence-electron chi connectivity index (χ4n) is 3.90. The highest BCUT2D eigenvalue weighted by atomic mass is 31.2. The average molecular weight is 576 g/mol. The SMILES string of the molecule is CC(C)(C)N(NC(=O)NC(c1ccccc1)P(=O)(Oc1ccccc1)Oc1ccccc1)C(=O)c1ccccc1F. The molecule has 0 saturated carbocycles. The van der Waals surface area contributed by atoms with E-state index in [2.05, 4.69) is 10.7 Å². The minimum Gasteiger partial charge on any atom is -0.414 e. The van der Waals surface area contributed by atoms with Crippen molar-refractivity contribution in [2.45, 2.75) is 32.1 Å². The van der Waals surface area contributed by atoms with Crippen LogP contribution in [0.1, 0.15) is 42.5 Å². The fourth-order valence-corrected chi connectivity index (χ4v) is 5.79. The maximum Gasteiger partial charge on any atom is 0.457 e. The third kappa shape index (κ3) is 7.52. The molecule has 3 amide bonds. The maximum atomic E-state index is 14.7. The quantitative estimate of drug-likeness (QED) is 0.169. The summed E-state index contributed by atoms with van der Waals surface area (Å²) in [6, 6.07) is 30.1. The molecule has 0 bridgehead atoms. The summed E-state index contributed by atoms with van der Waals surface area (Å²) in [4.78, 5) is 26.8. The van der Waals surface area contributed by atoms with Gasteiger partial charge in [-0.25, -0.2) is 24.2 Å². The maximum absolute atomic E-state index is 14.7. The van der Waals surface area contributed by atoms with Gasteiger partial charge in [0, 0.05) is 0 Å². The number of amides is 3. The minimum atomic E-state index is -4.26. The van der Waals surface area contributed by atoms with Crippen molar-refractivity contribution < 1.29 is 27.6 Å². The number of benzene rings is 4. The van der Waals surface area contributed by atoms with Crippen LogP contribution in [0.3, 0.4) is 0 Å². The summed E-state index contributed by atoms with van der Waals surface area (Å²) in [6.07, 6.45) is 0. The van der Waals surface area contributed by atoms with E-state index in [9.17, 15) is 18.5 Å². The molecule has 212 valence electrons. The van der Waals surface area contributed by atoms with E-state index < -0.39 is 36.7 Å². The second kappa shape index (κ2) is 12.7. The van der Waals surface area contributed by atoms with Crippen molar-refractivity contribution in [1.82, 2.24) is 15.8 Å². The molecule has 0 aromatic heterocycles. The van der Waals surface area contributed by atoms with Gasteiger partial charge in [0.2, 0.25) is 0 Å². The Morgan fingerprint density at radius 2 is 1.22 bits per heavy atom. The van der Waals surface area contributed by atoms with E-state index in [-0.39, 0.29) is 17.1 Å². The molecule has 2 N–H and O–H groups in total. The van der Waals surface area contributed by atoms with E-state index in [0.29, 0.717) is 5.56 Å². The number of rotatable bonds is 8. The first kappa shape index (κ1) is 29.4. The molecule has 0 saturated heterocycles. The molecule has 10 heteroatoms. The van der Waals surface area contributed by atoms with Crippen molar-refractivity contribution in [3.05, 3.63) is 132 Å². The summed E-state index contributed by atoms with van der Waals surface area (Å²) < 4.78 is 41.1. The number of urea groups is 1. The first-order chi connectivity index (χ1) is 19.6. The highest BCUT2D eigenvalue weighted by Gasteiger charge is 2.43. The molecule has 0 aliphatic rings. The lowest BCUT2D eigenvalue weighted by atomic mass is 10.1. The van der Waals surface area contributed by atoms with E-state index in [1.54, 1.807) is 112 Å². The lowest BCUT2D eigenvalue weighted by molar-refractivity contribution is 0.0444. The number of para-hydroxylation sites is 2. The first-order valence-corrected chi connectivity index (χ1v) is 14.5. The molecule has 0 fully saturated rings. The molecular weight excluding hydrogens is 544 g/mol. The van der Waals surface area contributed by atoms with Crippen LogP contribution in [0.2, 0.25) is 0 Å². The molecule has 0 aliphatic heterocycles. The van der Waals surface area contributed by atoms with Gasteiger partial charge in [0.25, 0.3) is 5.91 Å². The normalized spacial score (nSPS) is 12.1. The zero-order valence-corrected chi connectivity index (χ0v) is 23.8. The first-order valence-electron chi connectivity index (χ1n) is 12.9. The third-order valence-electron chi connectivity index (χ3n) is 5.84. The minimum absolute atomic E-state index is 0.215. The number of nitrogens with one attached hydrogen (secondary N) is 2. The summed E-state index contributed by atoms with van der Waals surface area (Å²) in [5.74, 6) is -2.27. The largest absolute Gasteiger partial charge is 0.457 e. The van der Waals surface area contributed by atoms with Gasteiger partial charge in [-0.05, 0) is 62.7 Å². The smallest absolute Gasteiger partial charge is 0.414 e. The highest BCUT2D eigenvalue weighted by Crippen LogP contribution is 2.58. The van der Waals surface area contributed by atoms with Crippen LogP contribution in [0.5, 0.6) is 11.5 Å². The Morgan fingerprint density at radius 1 is 0.756 bits per heavy atom. The van der Waals surface area contributed by atoms with Gasteiger partial charge in [-0.1, -0.05) is 78.9 Å². The third-order valence-corrected chi connectivity index (χ3v) is 7.83. The number of hydrogen-bond acceptors (Lipinski definition) is 5. The van der Waals surface area contributed by atoms with E-state index in [4.69, 9.17) is 9.05 Å². The van der Waals surface area contributed by atoms with Crippen LogP contribution >= 0.6 is 7.60 Å². The van der Waals surface area contributed by atoms with Gasteiger partial charge in [0.05, 0.1) is 11.1 Å². The zero-order chi connectivity index (χ0) is 29.5. The van der Waals surface area contributed by atoms with Gasteiger partial charge in [-0.2, -0.15) is 0 Å². The summed E-state index contributed by atoms with van der Waals surface area (Å²) in [6.45, 7) is 5.05. The van der Waals surface area contributed by atoms with Crippen molar-refractivity contribution in [2.24, 2.45) is 0 Å². The van der Waals surface area contributed by atoms with Gasteiger partial charge in [-0.3, -0.25) is 4.79 Å². The van der Waals surface area contributed by atoms with Crippen molar-refractivity contribution in [2.75, 3.05) is 0 Å². The van der Waals surface area contributed by atoms with Gasteiger partial charge in [-0.15, -0.1) is 0 Å². The Morgan fingerprint density at radius 3 is 1.71 bits per heavy atom. The summed E-state index contributed by atoms with van der Waals surface area (Å²) in [7, 11) is -4.26. The lowest BCUT2D eigenvalue weighted by Crippen LogP contribution is -2.58. The number of hydrazine groups is 1. The number of nitrogens with zero attached hydrogens (tertiary/aromatic N) is 1. The monoisotopic (exact) mass is 575 g/mol. The number of halogens is 1. The van der Waals surface area contributed by atoms with E-state index >= 15 is 0 Å². The topological polar surface area (TPSA) is 97.0 Å². The Bertz CT molecular complexity index is 1470. The molecule has 1 unspecified atom stereocenters. The van der Waals surface area contributed by atoms with Gasteiger partial charge in [0.15, 0.2) is 5.78 Å². The van der Waals surface area contributed by atoms with Crippen molar-refractivity contribution in [3.8, 4) is 11.5 Å². The average Bonchev–Trinajstić information content (AvgIpc) is 2.95. The van der Waals surface area contributed by atoms with Gasteiger partial charge in [0.1, 0.15) is 17.3 Å². The van der Waals surface area contributed by atoms with E-state index in [0.717, 1.165) is 11.1 Å². The van der Waals surface area contributed by atoms with Crippen molar-refractivity contribution in [1.29, 1.82) is 0 Å². The van der Waals surface area contributed by atoms with E-state index in [1.165, 1.54) is 18.2 Å². The predicted molar refractivity (Wildman–Crippen MR) is 155 cm³/mol. The van der Waals surface area contributed by atoms with Crippen molar-refractivity contribution >= 4 is 19.5 Å². The molecule has 0 aliphatic carbocycles. The lowest BCUT2D eigenvalue weighted by Gasteiger charge is -2.36. The van der Waals surface area contributed by atoms with Gasteiger partial charge < -0.3 is 14.4 Å². The standard InChI is InChI=1S/C31H31FN3O5P/c1-31(2,3)35(29(36)26-21-13-14-22-27(26)32)34-30(37)33-28(23-15-7-4-8-16-23)41(38,39-24-17-9-5-10-18-24)40-25-19-11-6-12-20-25/h4-22,28H,1-3H3,(H2,33,34,37). The highest BCUT2D eigenvalue weighted by molar-refractivity contribution is 7.55. The Hall–Kier alpha value is -4.62. The fraction of sp³-hybridized carbons (Fsp3) is 0.161. The Balaban J connectivity index is 1.70. The summed E-state index contributed by atoms with van der Waals surface area (Å²) >= 11 is 0. The van der Waals surface area contributed by atoms with Crippen molar-refractivity contribution in [3.63, 3.8) is 0 Å². The molecule has 1 atom stereocenters. The second-order valence-electron chi connectivity index (χ2n) is 10.0. The molecule has 8 nitrogen and oxygen atoms in total. The second-order valence-corrected chi connectivity index (χ2v) is 12.0. The van der Waals surface area contributed by atoms with Crippen LogP contribution in [0, 0.1) is 5.82 Å². The molecule has 0 radical (unpaired) electrons. The van der Waals surface area contributed by atoms with Gasteiger partial charge >= 0.3 is 13.6 Å². The molecule has 0 spiro atoms. The van der Waals surface area contributed by atoms with E-state index in [1.807, 2.05) is 0 Å². The summed E-state index contributed by atoms with van der Waals surface area (Å²) in [5.41, 5.74) is 1.78. The number of carbonyl (C=O) groups is 2. The molecule has 4 rings (SSSR count).